The van der Waals surface area contributed by atoms with Crippen molar-refractivity contribution in [2.45, 2.75) is 52.4 Å². The van der Waals surface area contributed by atoms with Gasteiger partial charge in [-0.05, 0) is 152 Å². The molecule has 0 fully saturated rings. The fourth-order valence-corrected chi connectivity index (χ4v) is 12.8. The van der Waals surface area contributed by atoms with E-state index in [1.807, 2.05) is 11.3 Å². The van der Waals surface area contributed by atoms with Crippen LogP contribution in [0.3, 0.4) is 0 Å². The van der Waals surface area contributed by atoms with Crippen molar-refractivity contribution < 1.29 is 0 Å². The summed E-state index contributed by atoms with van der Waals surface area (Å²) in [6.07, 6.45) is 6.59. The molecule has 328 valence electrons. The van der Waals surface area contributed by atoms with E-state index in [1.165, 1.54) is 115 Å². The van der Waals surface area contributed by atoms with Gasteiger partial charge in [-0.3, -0.25) is 0 Å². The van der Waals surface area contributed by atoms with Crippen LogP contribution in [0.5, 0.6) is 0 Å². The molecule has 0 bridgehead atoms. The van der Waals surface area contributed by atoms with Gasteiger partial charge in [0.05, 0.1) is 5.69 Å². The first-order chi connectivity index (χ1) is 33.1. The quantitative estimate of drug-likeness (QED) is 0.137. The maximum Gasteiger partial charge on any atom is 0.0543 e. The van der Waals surface area contributed by atoms with Crippen molar-refractivity contribution >= 4 is 54.1 Å². The molecule has 0 saturated heterocycles. The summed E-state index contributed by atoms with van der Waals surface area (Å²) in [7, 11) is 0. The van der Waals surface area contributed by atoms with Gasteiger partial charge in [0.1, 0.15) is 0 Å². The lowest BCUT2D eigenvalue weighted by atomic mass is 9.80. The minimum absolute atomic E-state index is 0.128. The first-order valence-electron chi connectivity index (χ1n) is 24.0. The smallest absolute Gasteiger partial charge is 0.0543 e. The maximum absolute atomic E-state index is 2.49. The summed E-state index contributed by atoms with van der Waals surface area (Å²) in [5, 5.41) is 2.64. The highest BCUT2D eigenvalue weighted by Crippen LogP contribution is 2.56. The molecule has 0 unspecified atom stereocenters. The number of fused-ring (bicyclic) bond motifs is 9. The Morgan fingerprint density at radius 1 is 0.441 bits per heavy atom. The second-order valence-corrected chi connectivity index (χ2v) is 20.6. The maximum atomic E-state index is 2.49. The standard InChI is InChI=1S/C66H53NS/c1-7-19-42(8-2)47-40-54(43-20-10-9-11-21-43)62-55-39-46(34-37-57(55)66(5,6)59(62)41-47)45-22-16-23-49(38-45)67(60-30-18-29-58-63(60)53-25-12-14-28-56(53)65(58,3)4)48-35-32-44(33-36-48)50-26-17-27-52-51-24-13-15-31-61(51)68-64(50)52/h7-41H,1-6H3/b19-7-,42-8+. The zero-order valence-corrected chi connectivity index (χ0v) is 40.4. The predicted octanol–water partition coefficient (Wildman–Crippen LogP) is 19.1. The molecule has 0 amide bonds. The van der Waals surface area contributed by atoms with E-state index in [4.69, 9.17) is 0 Å². The molecule has 0 aliphatic heterocycles. The van der Waals surface area contributed by atoms with E-state index in [1.54, 1.807) is 0 Å². The summed E-state index contributed by atoms with van der Waals surface area (Å²) < 4.78 is 2.66. The summed E-state index contributed by atoms with van der Waals surface area (Å²) in [5.74, 6) is 0. The molecule has 1 nitrogen and oxygen atoms in total. The summed E-state index contributed by atoms with van der Waals surface area (Å²) >= 11 is 1.89. The van der Waals surface area contributed by atoms with Crippen molar-refractivity contribution in [1.29, 1.82) is 0 Å². The van der Waals surface area contributed by atoms with Gasteiger partial charge in [-0.15, -0.1) is 11.3 Å². The Hall–Kier alpha value is -7.52. The zero-order valence-electron chi connectivity index (χ0n) is 39.6. The number of thiophene rings is 1. The SMILES string of the molecule is C/C=C\C(=C/C)c1cc(-c2ccccc2)c2c(c1)C(C)(C)c1ccc(-c3cccc(N(c4ccc(-c5cccc6c5sc5ccccc56)cc4)c4cccc5c4-c4ccccc4C5(C)C)c3)cc1-2. The largest absolute Gasteiger partial charge is 0.310 e. The molecule has 1 aromatic heterocycles. The van der Waals surface area contributed by atoms with Gasteiger partial charge in [-0.25, -0.2) is 0 Å². The van der Waals surface area contributed by atoms with Crippen LogP contribution in [0.25, 0.3) is 81.4 Å². The van der Waals surface area contributed by atoms with Crippen LogP contribution in [0.4, 0.5) is 17.1 Å². The van der Waals surface area contributed by atoms with Crippen LogP contribution in [0, 0.1) is 0 Å². The van der Waals surface area contributed by atoms with Crippen LogP contribution >= 0.6 is 11.3 Å². The molecule has 0 saturated carbocycles. The third-order valence-corrected chi connectivity index (χ3v) is 16.2. The Kier molecular flexibility index (Phi) is 9.90. The van der Waals surface area contributed by atoms with Gasteiger partial charge in [-0.1, -0.05) is 185 Å². The fourth-order valence-electron chi connectivity index (χ4n) is 11.5. The number of rotatable bonds is 8. The van der Waals surface area contributed by atoms with E-state index in [0.29, 0.717) is 0 Å². The number of allylic oxidation sites excluding steroid dienone is 4. The van der Waals surface area contributed by atoms with E-state index in [9.17, 15) is 0 Å². The molecular formula is C66H53NS. The Morgan fingerprint density at radius 2 is 1.07 bits per heavy atom. The molecule has 68 heavy (non-hydrogen) atoms. The van der Waals surface area contributed by atoms with Crippen molar-refractivity contribution in [3.8, 4) is 55.6 Å². The normalized spacial score (nSPS) is 14.3. The molecule has 2 aliphatic rings. The summed E-state index contributed by atoms with van der Waals surface area (Å²) in [5.41, 5.74) is 23.7. The molecule has 12 rings (SSSR count). The number of benzene rings is 9. The van der Waals surface area contributed by atoms with Crippen LogP contribution in [0.2, 0.25) is 0 Å². The van der Waals surface area contributed by atoms with E-state index >= 15 is 0 Å². The average Bonchev–Trinajstić information content (AvgIpc) is 3.96. The van der Waals surface area contributed by atoms with Gasteiger partial charge in [0.2, 0.25) is 0 Å². The van der Waals surface area contributed by atoms with Crippen LogP contribution in [0.1, 0.15) is 69.4 Å². The first kappa shape index (κ1) is 41.9. The van der Waals surface area contributed by atoms with E-state index in [-0.39, 0.29) is 10.8 Å². The van der Waals surface area contributed by atoms with Gasteiger partial charge < -0.3 is 4.90 Å². The average molecular weight is 892 g/mol. The minimum Gasteiger partial charge on any atom is -0.310 e. The molecule has 0 radical (unpaired) electrons. The highest BCUT2D eigenvalue weighted by atomic mass is 32.1. The van der Waals surface area contributed by atoms with Crippen molar-refractivity contribution in [2.24, 2.45) is 0 Å². The van der Waals surface area contributed by atoms with E-state index in [0.717, 1.165) is 11.4 Å². The van der Waals surface area contributed by atoms with Crippen molar-refractivity contribution in [1.82, 2.24) is 0 Å². The van der Waals surface area contributed by atoms with E-state index in [2.05, 4.69) is 259 Å². The summed E-state index contributed by atoms with van der Waals surface area (Å²) in [6, 6.07) is 72.9. The zero-order chi connectivity index (χ0) is 46.3. The molecule has 1 heterocycles. The molecule has 2 heteroatoms. The van der Waals surface area contributed by atoms with Crippen LogP contribution < -0.4 is 4.90 Å². The predicted molar refractivity (Wildman–Crippen MR) is 294 cm³/mol. The van der Waals surface area contributed by atoms with Crippen molar-refractivity contribution in [3.05, 3.63) is 240 Å². The monoisotopic (exact) mass is 891 g/mol. The van der Waals surface area contributed by atoms with Crippen LogP contribution in [-0.4, -0.2) is 0 Å². The van der Waals surface area contributed by atoms with Gasteiger partial charge >= 0.3 is 0 Å². The Balaban J connectivity index is 1.02. The molecule has 0 spiro atoms. The lowest BCUT2D eigenvalue weighted by Crippen LogP contribution is -2.16. The Morgan fingerprint density at radius 3 is 1.90 bits per heavy atom. The Labute approximate surface area is 405 Å². The molecule has 0 N–H and O–H groups in total. The lowest BCUT2D eigenvalue weighted by Gasteiger charge is -2.29. The summed E-state index contributed by atoms with van der Waals surface area (Å²) in [6.45, 7) is 13.8. The highest BCUT2D eigenvalue weighted by Gasteiger charge is 2.39. The second-order valence-electron chi connectivity index (χ2n) is 19.5. The number of anilines is 3. The van der Waals surface area contributed by atoms with Gasteiger partial charge in [0.25, 0.3) is 0 Å². The van der Waals surface area contributed by atoms with Crippen LogP contribution in [-0.2, 0) is 10.8 Å². The van der Waals surface area contributed by atoms with Gasteiger partial charge in [0.15, 0.2) is 0 Å². The van der Waals surface area contributed by atoms with Gasteiger partial charge in [-0.2, -0.15) is 0 Å². The molecule has 10 aromatic rings. The van der Waals surface area contributed by atoms with Crippen molar-refractivity contribution in [2.75, 3.05) is 4.90 Å². The molecule has 0 atom stereocenters. The van der Waals surface area contributed by atoms with E-state index < -0.39 is 0 Å². The number of hydrogen-bond acceptors (Lipinski definition) is 2. The first-order valence-corrected chi connectivity index (χ1v) is 24.8. The second kappa shape index (κ2) is 16.1. The van der Waals surface area contributed by atoms with Crippen LogP contribution in [0.15, 0.2) is 212 Å². The van der Waals surface area contributed by atoms with Gasteiger partial charge in [0, 0.05) is 47.9 Å². The third kappa shape index (κ3) is 6.49. The summed E-state index contributed by atoms with van der Waals surface area (Å²) in [4.78, 5) is 2.49. The molecular weight excluding hydrogens is 839 g/mol. The Bertz CT molecular complexity index is 3690. The topological polar surface area (TPSA) is 3.24 Å². The number of nitrogens with zero attached hydrogens (tertiary/aromatic N) is 1. The minimum atomic E-state index is -0.178. The third-order valence-electron chi connectivity index (χ3n) is 15.0. The molecule has 9 aromatic carbocycles. The highest BCUT2D eigenvalue weighted by molar-refractivity contribution is 7.26. The molecule has 2 aliphatic carbocycles. The lowest BCUT2D eigenvalue weighted by molar-refractivity contribution is 0.660. The van der Waals surface area contributed by atoms with Crippen molar-refractivity contribution in [3.63, 3.8) is 0 Å². The number of hydrogen-bond donors (Lipinski definition) is 0. The fraction of sp³-hybridized carbons (Fsp3) is 0.121.